The topological polar surface area (TPSA) is 103 Å². The van der Waals surface area contributed by atoms with Crippen LogP contribution < -0.4 is 19.9 Å². The van der Waals surface area contributed by atoms with Gasteiger partial charge in [-0.2, -0.15) is 10.2 Å². The zero-order valence-electron chi connectivity index (χ0n) is 11.3. The van der Waals surface area contributed by atoms with Gasteiger partial charge in [0.2, 0.25) is 18.6 Å². The Morgan fingerprint density at radius 1 is 1.33 bits per heavy atom. The first-order valence-electron chi connectivity index (χ1n) is 6.33. The number of rotatable bonds is 3. The van der Waals surface area contributed by atoms with Crippen molar-refractivity contribution in [3.05, 3.63) is 23.8 Å². The number of aromatic nitrogens is 2. The van der Waals surface area contributed by atoms with E-state index in [2.05, 4.69) is 16.0 Å². The van der Waals surface area contributed by atoms with E-state index in [1.165, 1.54) is 0 Å². The second-order valence-electron chi connectivity index (χ2n) is 4.22. The van der Waals surface area contributed by atoms with Crippen molar-refractivity contribution in [1.29, 1.82) is 5.26 Å². The number of benzene rings is 1. The lowest BCUT2D eigenvalue weighted by Crippen LogP contribution is -2.05. The Kier molecular flexibility index (Phi) is 3.20. The Labute approximate surface area is 120 Å². The molecule has 0 amide bonds. The summed E-state index contributed by atoms with van der Waals surface area (Å²) in [5.74, 6) is 1.49. The average Bonchev–Trinajstić information content (AvgIpc) is 2.94. The number of hydrogen-bond donors (Lipinski definition) is 1. The Hall–Kier alpha value is -3.01. The van der Waals surface area contributed by atoms with Crippen molar-refractivity contribution in [2.45, 2.75) is 6.92 Å². The van der Waals surface area contributed by atoms with E-state index in [0.29, 0.717) is 29.4 Å². The molecule has 0 bridgehead atoms. The van der Waals surface area contributed by atoms with Crippen LogP contribution in [0.1, 0.15) is 12.5 Å². The molecule has 0 atom stereocenters. The van der Waals surface area contributed by atoms with Crippen LogP contribution in [0, 0.1) is 11.3 Å². The van der Waals surface area contributed by atoms with Gasteiger partial charge in [0.25, 0.3) is 0 Å². The lowest BCUT2D eigenvalue weighted by atomic mass is 10.1. The van der Waals surface area contributed by atoms with Crippen LogP contribution in [0.25, 0.3) is 11.3 Å². The summed E-state index contributed by atoms with van der Waals surface area (Å²) in [5, 5.41) is 9.36. The van der Waals surface area contributed by atoms with E-state index in [9.17, 15) is 5.26 Å². The summed E-state index contributed by atoms with van der Waals surface area (Å²) in [5.41, 5.74) is 7.03. The van der Waals surface area contributed by atoms with Crippen LogP contribution in [0.3, 0.4) is 0 Å². The summed E-state index contributed by atoms with van der Waals surface area (Å²) in [7, 11) is 0. The number of fused-ring (bicyclic) bond motifs is 1. The number of anilines is 1. The Morgan fingerprint density at radius 3 is 2.90 bits per heavy atom. The molecule has 0 radical (unpaired) electrons. The van der Waals surface area contributed by atoms with Crippen molar-refractivity contribution in [2.24, 2.45) is 0 Å². The molecular formula is C14H12N4O3. The molecule has 21 heavy (non-hydrogen) atoms. The Bertz CT molecular complexity index is 740. The molecule has 7 nitrogen and oxygen atoms in total. The summed E-state index contributed by atoms with van der Waals surface area (Å²) < 4.78 is 15.9. The van der Waals surface area contributed by atoms with E-state index in [1.807, 2.05) is 0 Å². The summed E-state index contributed by atoms with van der Waals surface area (Å²) >= 11 is 0. The van der Waals surface area contributed by atoms with Gasteiger partial charge in [0.15, 0.2) is 11.5 Å². The highest BCUT2D eigenvalue weighted by Crippen LogP contribution is 2.37. The molecule has 1 aromatic carbocycles. The fourth-order valence-corrected chi connectivity index (χ4v) is 2.05. The van der Waals surface area contributed by atoms with Crippen LogP contribution in [0.2, 0.25) is 0 Å². The molecular weight excluding hydrogens is 272 g/mol. The normalized spacial score (nSPS) is 12.0. The molecule has 2 N–H and O–H groups in total. The van der Waals surface area contributed by atoms with E-state index in [4.69, 9.17) is 19.9 Å². The maximum atomic E-state index is 9.36. The molecule has 2 aromatic rings. The van der Waals surface area contributed by atoms with Gasteiger partial charge in [-0.05, 0) is 25.1 Å². The predicted molar refractivity (Wildman–Crippen MR) is 73.9 cm³/mol. The number of nitrogens with zero attached hydrogens (tertiary/aromatic N) is 3. The van der Waals surface area contributed by atoms with Gasteiger partial charge in [0.1, 0.15) is 11.6 Å². The number of hydrogen-bond acceptors (Lipinski definition) is 7. The highest BCUT2D eigenvalue weighted by atomic mass is 16.7. The monoisotopic (exact) mass is 284 g/mol. The van der Waals surface area contributed by atoms with Gasteiger partial charge in [-0.15, -0.1) is 0 Å². The van der Waals surface area contributed by atoms with Crippen LogP contribution in [0.4, 0.5) is 5.95 Å². The van der Waals surface area contributed by atoms with Gasteiger partial charge < -0.3 is 19.9 Å². The van der Waals surface area contributed by atoms with Crippen LogP contribution in [0.15, 0.2) is 18.2 Å². The summed E-state index contributed by atoms with van der Waals surface area (Å²) in [6.45, 7) is 2.37. The van der Waals surface area contributed by atoms with Crippen LogP contribution in [0.5, 0.6) is 17.4 Å². The molecule has 106 valence electrons. The molecule has 1 aliphatic heterocycles. The fraction of sp³-hybridized carbons (Fsp3) is 0.214. The number of nitrogens with two attached hydrogens (primary N) is 1. The fourth-order valence-electron chi connectivity index (χ4n) is 2.05. The van der Waals surface area contributed by atoms with Crippen LogP contribution in [-0.2, 0) is 0 Å². The predicted octanol–water partition coefficient (Wildman–Crippen LogP) is 1.72. The molecule has 1 aliphatic rings. The van der Waals surface area contributed by atoms with Gasteiger partial charge in [0, 0.05) is 5.56 Å². The molecule has 2 heterocycles. The zero-order valence-corrected chi connectivity index (χ0v) is 11.3. The quantitative estimate of drug-likeness (QED) is 0.915. The maximum Gasteiger partial charge on any atom is 0.237 e. The molecule has 3 rings (SSSR count). The number of nitriles is 1. The first-order chi connectivity index (χ1) is 10.2. The minimum atomic E-state index is 0.0464. The van der Waals surface area contributed by atoms with Gasteiger partial charge in [-0.3, -0.25) is 0 Å². The molecule has 7 heteroatoms. The van der Waals surface area contributed by atoms with Gasteiger partial charge in [-0.25, -0.2) is 4.98 Å². The van der Waals surface area contributed by atoms with Gasteiger partial charge in [-0.1, -0.05) is 0 Å². The van der Waals surface area contributed by atoms with Crippen LogP contribution in [-0.4, -0.2) is 23.4 Å². The highest BCUT2D eigenvalue weighted by Gasteiger charge is 2.19. The maximum absolute atomic E-state index is 9.36. The standard InChI is InChI=1S/C14H12N4O3/c1-2-19-13-9(6-15)12(17-14(16)18-13)8-3-4-10-11(5-8)21-7-20-10/h3-5H,2,7H2,1H3,(H2,16,17,18). The van der Waals surface area contributed by atoms with Crippen molar-refractivity contribution in [2.75, 3.05) is 19.1 Å². The van der Waals surface area contributed by atoms with Gasteiger partial charge >= 0.3 is 0 Å². The van der Waals surface area contributed by atoms with E-state index in [-0.39, 0.29) is 24.2 Å². The van der Waals surface area contributed by atoms with Crippen molar-refractivity contribution in [3.63, 3.8) is 0 Å². The van der Waals surface area contributed by atoms with Crippen molar-refractivity contribution in [1.82, 2.24) is 9.97 Å². The molecule has 0 saturated heterocycles. The van der Waals surface area contributed by atoms with E-state index in [1.54, 1.807) is 25.1 Å². The summed E-state index contributed by atoms with van der Waals surface area (Å²) in [4.78, 5) is 8.11. The van der Waals surface area contributed by atoms with Crippen molar-refractivity contribution in [3.8, 4) is 34.7 Å². The average molecular weight is 284 g/mol. The zero-order chi connectivity index (χ0) is 14.8. The Morgan fingerprint density at radius 2 is 2.14 bits per heavy atom. The second kappa shape index (κ2) is 5.17. The van der Waals surface area contributed by atoms with Crippen molar-refractivity contribution < 1.29 is 14.2 Å². The van der Waals surface area contributed by atoms with Crippen LogP contribution >= 0.6 is 0 Å². The van der Waals surface area contributed by atoms with E-state index >= 15 is 0 Å². The number of nitrogen functional groups attached to an aromatic ring is 1. The molecule has 1 aromatic heterocycles. The lowest BCUT2D eigenvalue weighted by Gasteiger charge is -2.10. The largest absolute Gasteiger partial charge is 0.477 e. The molecule has 0 aliphatic carbocycles. The third kappa shape index (κ3) is 2.27. The molecule has 0 spiro atoms. The second-order valence-corrected chi connectivity index (χ2v) is 4.22. The third-order valence-electron chi connectivity index (χ3n) is 2.93. The molecule has 0 unspecified atom stereocenters. The first kappa shape index (κ1) is 13.0. The smallest absolute Gasteiger partial charge is 0.237 e. The first-order valence-corrected chi connectivity index (χ1v) is 6.33. The molecule has 0 saturated carbocycles. The molecule has 0 fully saturated rings. The third-order valence-corrected chi connectivity index (χ3v) is 2.93. The summed E-state index contributed by atoms with van der Waals surface area (Å²) in [6.07, 6.45) is 0. The minimum Gasteiger partial charge on any atom is -0.477 e. The highest BCUT2D eigenvalue weighted by molar-refractivity contribution is 5.72. The van der Waals surface area contributed by atoms with E-state index in [0.717, 1.165) is 0 Å². The summed E-state index contributed by atoms with van der Waals surface area (Å²) in [6, 6.07) is 7.36. The Balaban J connectivity index is 2.15. The number of ether oxygens (including phenoxy) is 3. The minimum absolute atomic E-state index is 0.0464. The lowest BCUT2D eigenvalue weighted by molar-refractivity contribution is 0.174. The SMILES string of the molecule is CCOc1nc(N)nc(-c2ccc3c(c2)OCO3)c1C#N. The van der Waals surface area contributed by atoms with Gasteiger partial charge in [0.05, 0.1) is 12.3 Å². The van der Waals surface area contributed by atoms with E-state index < -0.39 is 0 Å². The van der Waals surface area contributed by atoms with Crippen molar-refractivity contribution >= 4 is 5.95 Å².